The molecular formula is C37H24N2O. The number of para-hydroxylation sites is 1. The van der Waals surface area contributed by atoms with E-state index in [1.165, 1.54) is 27.3 Å². The van der Waals surface area contributed by atoms with E-state index in [0.29, 0.717) is 0 Å². The molecule has 0 saturated carbocycles. The molecule has 0 unspecified atom stereocenters. The summed E-state index contributed by atoms with van der Waals surface area (Å²) in [5.41, 5.74) is 6.19. The molecule has 0 bridgehead atoms. The van der Waals surface area contributed by atoms with Gasteiger partial charge in [0.15, 0.2) is 5.58 Å². The van der Waals surface area contributed by atoms with Gasteiger partial charge in [-0.2, -0.15) is 0 Å². The second kappa shape index (κ2) is 9.11. The number of hydrogen-bond donors (Lipinski definition) is 0. The van der Waals surface area contributed by atoms with E-state index in [9.17, 15) is 0 Å². The Kier molecular flexibility index (Phi) is 5.14. The van der Waals surface area contributed by atoms with E-state index < -0.39 is 0 Å². The van der Waals surface area contributed by atoms with Gasteiger partial charge in [-0.15, -0.1) is 0 Å². The molecule has 0 aliphatic carbocycles. The van der Waals surface area contributed by atoms with E-state index in [2.05, 4.69) is 138 Å². The molecule has 2 heterocycles. The topological polar surface area (TPSA) is 29.3 Å². The molecule has 0 saturated heterocycles. The van der Waals surface area contributed by atoms with Gasteiger partial charge in [0.2, 0.25) is 0 Å². The maximum absolute atomic E-state index is 6.33. The van der Waals surface area contributed by atoms with Gasteiger partial charge in [-0.05, 0) is 63.7 Å². The van der Waals surface area contributed by atoms with E-state index in [4.69, 9.17) is 9.40 Å². The summed E-state index contributed by atoms with van der Waals surface area (Å²) in [6.45, 7) is 0. The highest BCUT2D eigenvalue weighted by molar-refractivity contribution is 6.15. The number of nitrogens with zero attached hydrogens (tertiary/aromatic N) is 2. The fourth-order valence-corrected chi connectivity index (χ4v) is 5.78. The van der Waals surface area contributed by atoms with Gasteiger partial charge in [0.1, 0.15) is 11.4 Å². The Bertz CT molecular complexity index is 2160. The van der Waals surface area contributed by atoms with E-state index in [-0.39, 0.29) is 0 Å². The minimum Gasteiger partial charge on any atom is -0.454 e. The first-order valence-corrected chi connectivity index (χ1v) is 13.5. The number of anilines is 3. The van der Waals surface area contributed by atoms with Crippen molar-refractivity contribution in [2.45, 2.75) is 0 Å². The molecule has 0 N–H and O–H groups in total. The number of aromatic nitrogens is 1. The van der Waals surface area contributed by atoms with Crippen molar-refractivity contribution in [1.29, 1.82) is 0 Å². The molecule has 0 atom stereocenters. The summed E-state index contributed by atoms with van der Waals surface area (Å²) in [5, 5.41) is 6.92. The number of hydrogen-bond acceptors (Lipinski definition) is 3. The Morgan fingerprint density at radius 1 is 0.500 bits per heavy atom. The zero-order valence-electron chi connectivity index (χ0n) is 21.7. The zero-order valence-corrected chi connectivity index (χ0v) is 21.7. The Morgan fingerprint density at radius 2 is 1.18 bits per heavy atom. The van der Waals surface area contributed by atoms with Crippen molar-refractivity contribution in [3.63, 3.8) is 0 Å². The van der Waals surface area contributed by atoms with Crippen molar-refractivity contribution in [3.8, 4) is 11.1 Å². The van der Waals surface area contributed by atoms with Gasteiger partial charge in [0.05, 0.1) is 6.20 Å². The third kappa shape index (κ3) is 3.63. The molecule has 0 amide bonds. The van der Waals surface area contributed by atoms with Crippen molar-refractivity contribution in [2.75, 3.05) is 4.90 Å². The van der Waals surface area contributed by atoms with Crippen molar-refractivity contribution < 1.29 is 4.42 Å². The first kappa shape index (κ1) is 22.6. The predicted molar refractivity (Wildman–Crippen MR) is 167 cm³/mol. The second-order valence-corrected chi connectivity index (χ2v) is 10.0. The number of furan rings is 1. The summed E-state index contributed by atoms with van der Waals surface area (Å²) >= 11 is 0. The van der Waals surface area contributed by atoms with Crippen LogP contribution in [0.3, 0.4) is 0 Å². The smallest absolute Gasteiger partial charge is 0.153 e. The van der Waals surface area contributed by atoms with Crippen LogP contribution in [0.25, 0.3) is 54.6 Å². The van der Waals surface area contributed by atoms with Crippen molar-refractivity contribution >= 4 is 60.7 Å². The zero-order chi connectivity index (χ0) is 26.5. The third-order valence-electron chi connectivity index (χ3n) is 7.70. The van der Waals surface area contributed by atoms with Crippen LogP contribution in [0.5, 0.6) is 0 Å². The van der Waals surface area contributed by atoms with Crippen LogP contribution in [0.15, 0.2) is 150 Å². The van der Waals surface area contributed by atoms with E-state index >= 15 is 0 Å². The lowest BCUT2D eigenvalue weighted by Crippen LogP contribution is -2.11. The van der Waals surface area contributed by atoms with Crippen LogP contribution in [-0.4, -0.2) is 4.98 Å². The molecule has 0 aliphatic heterocycles. The number of fused-ring (bicyclic) bond motifs is 6. The first-order chi connectivity index (χ1) is 19.8. The lowest BCUT2D eigenvalue weighted by atomic mass is 9.98. The van der Waals surface area contributed by atoms with E-state index in [1.807, 2.05) is 12.3 Å². The van der Waals surface area contributed by atoms with Gasteiger partial charge < -0.3 is 4.42 Å². The van der Waals surface area contributed by atoms with Crippen LogP contribution in [0.4, 0.5) is 17.2 Å². The van der Waals surface area contributed by atoms with Gasteiger partial charge in [-0.25, -0.2) is 4.98 Å². The summed E-state index contributed by atoms with van der Waals surface area (Å²) in [6, 6.07) is 48.9. The standard InChI is InChI=1S/C37H24N2O/c1-2-12-28(13-3-1)39(29-20-17-27(18-21-29)31-16-8-11-25-9-4-6-14-30(25)31)36-23-34-33-22-19-26-10-5-7-15-32(26)37(33)40-35(34)24-38-36/h1-24H. The maximum Gasteiger partial charge on any atom is 0.153 e. The van der Waals surface area contributed by atoms with Crippen molar-refractivity contribution in [2.24, 2.45) is 0 Å². The van der Waals surface area contributed by atoms with E-state index in [0.717, 1.165) is 44.5 Å². The average Bonchev–Trinajstić information content (AvgIpc) is 3.40. The fraction of sp³-hybridized carbons (Fsp3) is 0. The number of rotatable bonds is 4. The molecule has 0 spiro atoms. The quantitative estimate of drug-likeness (QED) is 0.235. The molecule has 0 fully saturated rings. The molecule has 3 nitrogen and oxygen atoms in total. The Morgan fingerprint density at radius 3 is 2.00 bits per heavy atom. The molecule has 3 heteroatoms. The summed E-state index contributed by atoms with van der Waals surface area (Å²) in [4.78, 5) is 7.09. The molecule has 0 aliphatic rings. The summed E-state index contributed by atoms with van der Waals surface area (Å²) < 4.78 is 6.33. The summed E-state index contributed by atoms with van der Waals surface area (Å²) in [6.07, 6.45) is 1.85. The van der Waals surface area contributed by atoms with Crippen LogP contribution in [0.1, 0.15) is 0 Å². The van der Waals surface area contributed by atoms with Gasteiger partial charge in [0, 0.05) is 27.5 Å². The third-order valence-corrected chi connectivity index (χ3v) is 7.70. The van der Waals surface area contributed by atoms with Gasteiger partial charge >= 0.3 is 0 Å². The van der Waals surface area contributed by atoms with E-state index in [1.54, 1.807) is 0 Å². The number of pyridine rings is 1. The van der Waals surface area contributed by atoms with Crippen molar-refractivity contribution in [3.05, 3.63) is 146 Å². The fourth-order valence-electron chi connectivity index (χ4n) is 5.78. The second-order valence-electron chi connectivity index (χ2n) is 10.0. The van der Waals surface area contributed by atoms with Crippen LogP contribution in [0.2, 0.25) is 0 Å². The van der Waals surface area contributed by atoms with Gasteiger partial charge in [-0.3, -0.25) is 4.90 Å². The Balaban J connectivity index is 1.27. The molecule has 2 aromatic heterocycles. The van der Waals surface area contributed by atoms with Crippen LogP contribution in [0, 0.1) is 0 Å². The largest absolute Gasteiger partial charge is 0.454 e. The predicted octanol–water partition coefficient (Wildman–Crippen LogP) is 10.4. The maximum atomic E-state index is 6.33. The normalized spacial score (nSPS) is 11.5. The SMILES string of the molecule is c1ccc(N(c2ccc(-c3cccc4ccccc34)cc2)c2cc3c(cn2)oc2c4ccccc4ccc32)cc1. The highest BCUT2D eigenvalue weighted by atomic mass is 16.3. The lowest BCUT2D eigenvalue weighted by molar-refractivity contribution is 0.670. The summed E-state index contributed by atoms with van der Waals surface area (Å²) in [5.74, 6) is 0.840. The average molecular weight is 513 g/mol. The highest BCUT2D eigenvalue weighted by Crippen LogP contribution is 2.39. The Labute approximate surface area is 231 Å². The Hall–Kier alpha value is -5.41. The lowest BCUT2D eigenvalue weighted by Gasteiger charge is -2.24. The molecule has 8 aromatic rings. The minimum atomic E-state index is 0.786. The highest BCUT2D eigenvalue weighted by Gasteiger charge is 2.17. The van der Waals surface area contributed by atoms with Crippen LogP contribution < -0.4 is 4.90 Å². The molecule has 188 valence electrons. The minimum absolute atomic E-state index is 0.786. The molecule has 0 radical (unpaired) electrons. The monoisotopic (exact) mass is 512 g/mol. The van der Waals surface area contributed by atoms with Crippen molar-refractivity contribution in [1.82, 2.24) is 4.98 Å². The molecule has 6 aromatic carbocycles. The molecule has 40 heavy (non-hydrogen) atoms. The van der Waals surface area contributed by atoms with Crippen LogP contribution in [-0.2, 0) is 0 Å². The van der Waals surface area contributed by atoms with Crippen LogP contribution >= 0.6 is 0 Å². The first-order valence-electron chi connectivity index (χ1n) is 13.5. The van der Waals surface area contributed by atoms with Gasteiger partial charge in [-0.1, -0.05) is 103 Å². The molecular weight excluding hydrogens is 488 g/mol. The number of benzene rings is 6. The molecule has 8 rings (SSSR count). The van der Waals surface area contributed by atoms with Gasteiger partial charge in [0.25, 0.3) is 0 Å². The summed E-state index contributed by atoms with van der Waals surface area (Å²) in [7, 11) is 0.